The third-order valence-electron chi connectivity index (χ3n) is 3.56. The van der Waals surface area contributed by atoms with Crippen LogP contribution in [-0.4, -0.2) is 33.9 Å². The highest BCUT2D eigenvalue weighted by Gasteiger charge is 2.21. The number of anilines is 1. The third kappa shape index (κ3) is 3.14. The van der Waals surface area contributed by atoms with Gasteiger partial charge >= 0.3 is 0 Å². The minimum absolute atomic E-state index is 0.106. The van der Waals surface area contributed by atoms with E-state index in [1.54, 1.807) is 17.5 Å². The molecule has 1 amide bonds. The van der Waals surface area contributed by atoms with Crippen molar-refractivity contribution in [1.82, 2.24) is 14.9 Å². The molecule has 2 aromatic heterocycles. The van der Waals surface area contributed by atoms with Gasteiger partial charge in [0.25, 0.3) is 5.91 Å². The van der Waals surface area contributed by atoms with Gasteiger partial charge in [-0.1, -0.05) is 13.8 Å². The van der Waals surface area contributed by atoms with Gasteiger partial charge in [-0.25, -0.2) is 9.97 Å². The molecule has 0 aromatic carbocycles. The summed E-state index contributed by atoms with van der Waals surface area (Å²) in [4.78, 5) is 25.3. The number of aromatic nitrogens is 2. The standard InChI is InChI=1S/C14H18N4OS2/c1-3-12-15-7-10(20-12)13(19)17-14-16-9-5-6-18(4-2)8-11(9)21-14/h7H,3-6,8H2,1-2H3,(H,16,17,19). The number of hydrogen-bond acceptors (Lipinski definition) is 6. The molecule has 2 aromatic rings. The fourth-order valence-electron chi connectivity index (χ4n) is 2.31. The molecule has 0 bridgehead atoms. The first-order valence-electron chi connectivity index (χ1n) is 7.16. The van der Waals surface area contributed by atoms with Crippen LogP contribution in [0.2, 0.25) is 0 Å². The molecule has 0 aliphatic carbocycles. The summed E-state index contributed by atoms with van der Waals surface area (Å²) in [5.41, 5.74) is 1.14. The van der Waals surface area contributed by atoms with Crippen molar-refractivity contribution in [2.45, 2.75) is 33.2 Å². The van der Waals surface area contributed by atoms with Crippen LogP contribution in [0.25, 0.3) is 0 Å². The van der Waals surface area contributed by atoms with Crippen molar-refractivity contribution >= 4 is 33.7 Å². The van der Waals surface area contributed by atoms with Crippen LogP contribution in [0.1, 0.15) is 39.1 Å². The minimum atomic E-state index is -0.106. The summed E-state index contributed by atoms with van der Waals surface area (Å²) in [5.74, 6) is -0.106. The van der Waals surface area contributed by atoms with E-state index < -0.39 is 0 Å². The fraction of sp³-hybridized carbons (Fsp3) is 0.500. The second-order valence-electron chi connectivity index (χ2n) is 4.93. The Bertz CT molecular complexity index is 649. The molecular weight excluding hydrogens is 304 g/mol. The Labute approximate surface area is 132 Å². The van der Waals surface area contributed by atoms with Crippen molar-refractivity contribution < 1.29 is 4.79 Å². The molecule has 0 unspecified atom stereocenters. The molecule has 1 aliphatic rings. The molecule has 3 heterocycles. The molecule has 0 radical (unpaired) electrons. The Kier molecular flexibility index (Phi) is 4.32. The van der Waals surface area contributed by atoms with E-state index in [0.717, 1.165) is 43.2 Å². The lowest BCUT2D eigenvalue weighted by molar-refractivity contribution is 0.103. The highest BCUT2D eigenvalue weighted by molar-refractivity contribution is 7.16. The molecule has 1 N–H and O–H groups in total. The van der Waals surface area contributed by atoms with Gasteiger partial charge in [-0.05, 0) is 13.0 Å². The van der Waals surface area contributed by atoms with E-state index in [4.69, 9.17) is 0 Å². The van der Waals surface area contributed by atoms with Crippen LogP contribution in [0.15, 0.2) is 6.20 Å². The summed E-state index contributed by atoms with van der Waals surface area (Å²) in [6.45, 7) is 7.26. The van der Waals surface area contributed by atoms with Crippen LogP contribution in [0.4, 0.5) is 5.13 Å². The monoisotopic (exact) mass is 322 g/mol. The third-order valence-corrected chi connectivity index (χ3v) is 5.70. The maximum Gasteiger partial charge on any atom is 0.269 e. The SMILES string of the molecule is CCc1ncc(C(=O)Nc2nc3c(s2)CN(CC)CC3)s1. The second-order valence-corrected chi connectivity index (χ2v) is 7.13. The zero-order chi connectivity index (χ0) is 14.8. The minimum Gasteiger partial charge on any atom is -0.298 e. The zero-order valence-corrected chi connectivity index (χ0v) is 13.8. The van der Waals surface area contributed by atoms with E-state index in [2.05, 4.69) is 27.1 Å². The first-order chi connectivity index (χ1) is 10.2. The number of rotatable bonds is 4. The van der Waals surface area contributed by atoms with Gasteiger partial charge in [0.15, 0.2) is 5.13 Å². The summed E-state index contributed by atoms with van der Waals surface area (Å²) >= 11 is 3.03. The number of thiazole rings is 2. The van der Waals surface area contributed by atoms with Crippen LogP contribution >= 0.6 is 22.7 Å². The lowest BCUT2D eigenvalue weighted by atomic mass is 10.2. The number of amides is 1. The maximum atomic E-state index is 12.2. The van der Waals surface area contributed by atoms with Crippen molar-refractivity contribution in [2.75, 3.05) is 18.4 Å². The molecule has 0 spiro atoms. The number of fused-ring (bicyclic) bond motifs is 1. The van der Waals surface area contributed by atoms with Gasteiger partial charge in [-0.3, -0.25) is 15.0 Å². The van der Waals surface area contributed by atoms with Crippen molar-refractivity contribution in [3.8, 4) is 0 Å². The summed E-state index contributed by atoms with van der Waals surface area (Å²) in [6, 6.07) is 0. The van der Waals surface area contributed by atoms with E-state index in [-0.39, 0.29) is 5.91 Å². The summed E-state index contributed by atoms with van der Waals surface area (Å²) in [7, 11) is 0. The van der Waals surface area contributed by atoms with Gasteiger partial charge in [-0.15, -0.1) is 22.7 Å². The van der Waals surface area contributed by atoms with Gasteiger partial charge < -0.3 is 0 Å². The summed E-state index contributed by atoms with van der Waals surface area (Å²) in [6.07, 6.45) is 3.47. The average molecular weight is 322 g/mol. The van der Waals surface area contributed by atoms with Crippen LogP contribution in [0.3, 0.4) is 0 Å². The number of nitrogens with one attached hydrogen (secondary N) is 1. The van der Waals surface area contributed by atoms with Gasteiger partial charge in [0.05, 0.1) is 16.9 Å². The van der Waals surface area contributed by atoms with Crippen LogP contribution < -0.4 is 5.32 Å². The predicted octanol–water partition coefficient (Wildman–Crippen LogP) is 2.79. The van der Waals surface area contributed by atoms with E-state index in [1.165, 1.54) is 16.2 Å². The topological polar surface area (TPSA) is 58.1 Å². The summed E-state index contributed by atoms with van der Waals surface area (Å²) < 4.78 is 0. The normalized spacial score (nSPS) is 15.0. The molecule has 7 heteroatoms. The molecule has 1 aliphatic heterocycles. The van der Waals surface area contributed by atoms with E-state index >= 15 is 0 Å². The van der Waals surface area contributed by atoms with Crippen molar-refractivity contribution in [2.24, 2.45) is 0 Å². The maximum absolute atomic E-state index is 12.2. The first kappa shape index (κ1) is 14.6. The second kappa shape index (κ2) is 6.21. The average Bonchev–Trinajstić information content (AvgIpc) is 3.12. The number of nitrogens with zero attached hydrogens (tertiary/aromatic N) is 3. The van der Waals surface area contributed by atoms with Crippen molar-refractivity contribution in [3.05, 3.63) is 26.7 Å². The van der Waals surface area contributed by atoms with E-state index in [9.17, 15) is 4.79 Å². The van der Waals surface area contributed by atoms with E-state index in [0.29, 0.717) is 10.0 Å². The van der Waals surface area contributed by atoms with Gasteiger partial charge in [0, 0.05) is 24.4 Å². The first-order valence-corrected chi connectivity index (χ1v) is 8.79. The van der Waals surface area contributed by atoms with Gasteiger partial charge in [0.1, 0.15) is 4.88 Å². The van der Waals surface area contributed by atoms with Crippen molar-refractivity contribution in [1.29, 1.82) is 0 Å². The quantitative estimate of drug-likeness (QED) is 0.940. The smallest absolute Gasteiger partial charge is 0.269 e. The predicted molar refractivity (Wildman–Crippen MR) is 86.2 cm³/mol. The number of aryl methyl sites for hydroxylation is 1. The van der Waals surface area contributed by atoms with Gasteiger partial charge in [-0.2, -0.15) is 0 Å². The molecule has 0 fully saturated rings. The summed E-state index contributed by atoms with van der Waals surface area (Å²) in [5, 5.41) is 4.59. The van der Waals surface area contributed by atoms with E-state index in [1.807, 2.05) is 6.92 Å². The van der Waals surface area contributed by atoms with Crippen LogP contribution in [0, 0.1) is 0 Å². The highest BCUT2D eigenvalue weighted by Crippen LogP contribution is 2.28. The Morgan fingerprint density at radius 3 is 3.00 bits per heavy atom. The Balaban J connectivity index is 1.71. The molecule has 3 rings (SSSR count). The van der Waals surface area contributed by atoms with Crippen molar-refractivity contribution in [3.63, 3.8) is 0 Å². The van der Waals surface area contributed by atoms with Crippen LogP contribution in [0.5, 0.6) is 0 Å². The van der Waals surface area contributed by atoms with Crippen LogP contribution in [-0.2, 0) is 19.4 Å². The number of carbonyl (C=O) groups is 1. The number of carbonyl (C=O) groups excluding carboxylic acids is 1. The fourth-order valence-corrected chi connectivity index (χ4v) is 4.11. The zero-order valence-electron chi connectivity index (χ0n) is 12.2. The number of likely N-dealkylation sites (N-methyl/N-ethyl adjacent to an activating group) is 1. The molecule has 21 heavy (non-hydrogen) atoms. The molecular formula is C14H18N4OS2. The lowest BCUT2D eigenvalue weighted by Crippen LogP contribution is -2.29. The molecule has 0 atom stereocenters. The highest BCUT2D eigenvalue weighted by atomic mass is 32.1. The Hall–Kier alpha value is -1.31. The largest absolute Gasteiger partial charge is 0.298 e. The Morgan fingerprint density at radius 1 is 1.43 bits per heavy atom. The molecule has 0 saturated heterocycles. The number of hydrogen-bond donors (Lipinski definition) is 1. The Morgan fingerprint density at radius 2 is 2.29 bits per heavy atom. The molecule has 0 saturated carbocycles. The van der Waals surface area contributed by atoms with Gasteiger partial charge in [0.2, 0.25) is 0 Å². The molecule has 112 valence electrons. The molecule has 5 nitrogen and oxygen atoms in total. The lowest BCUT2D eigenvalue weighted by Gasteiger charge is -2.23.